The lowest BCUT2D eigenvalue weighted by Gasteiger charge is -2.25. The zero-order valence-electron chi connectivity index (χ0n) is 17.5. The summed E-state index contributed by atoms with van der Waals surface area (Å²) in [6, 6.07) is 3.81. The predicted octanol–water partition coefficient (Wildman–Crippen LogP) is 2.79. The van der Waals surface area contributed by atoms with Crippen molar-refractivity contribution < 1.29 is 9.21 Å². The van der Waals surface area contributed by atoms with Gasteiger partial charge in [0.25, 0.3) is 5.56 Å². The minimum atomic E-state index is -0.750. The quantitative estimate of drug-likeness (QED) is 0.408. The van der Waals surface area contributed by atoms with Crippen molar-refractivity contribution in [3.05, 3.63) is 44.8 Å². The molecule has 0 aliphatic heterocycles. The second kappa shape index (κ2) is 8.45. The van der Waals surface area contributed by atoms with Crippen molar-refractivity contribution in [2.45, 2.75) is 62.2 Å². The molecular weight excluding hydrogens is 432 g/mol. The van der Waals surface area contributed by atoms with Gasteiger partial charge in [0.1, 0.15) is 11.4 Å². The number of H-pyrrole nitrogens is 1. The molecule has 10 nitrogen and oxygen atoms in total. The van der Waals surface area contributed by atoms with Crippen LogP contribution in [0.2, 0.25) is 0 Å². The van der Waals surface area contributed by atoms with E-state index in [2.05, 4.69) is 19.7 Å². The minimum absolute atomic E-state index is 0.0425. The number of nitrogens with one attached hydrogen (secondary N) is 1. The zero-order valence-corrected chi connectivity index (χ0v) is 18.3. The molecular formula is C21H24N6O4S. The Balaban J connectivity index is 1.43. The predicted molar refractivity (Wildman–Crippen MR) is 119 cm³/mol. The van der Waals surface area contributed by atoms with Gasteiger partial charge in [-0.25, -0.2) is 4.79 Å². The number of hydrogen-bond donors (Lipinski definition) is 2. The number of furan rings is 1. The summed E-state index contributed by atoms with van der Waals surface area (Å²) in [6.45, 7) is 0. The third kappa shape index (κ3) is 3.81. The van der Waals surface area contributed by atoms with E-state index in [1.54, 1.807) is 12.3 Å². The van der Waals surface area contributed by atoms with Gasteiger partial charge >= 0.3 is 5.69 Å². The van der Waals surface area contributed by atoms with E-state index in [1.807, 2.05) is 6.07 Å². The average molecular weight is 457 g/mol. The highest BCUT2D eigenvalue weighted by atomic mass is 32.2. The minimum Gasteiger partial charge on any atom is -0.461 e. The molecule has 2 fully saturated rings. The number of aromatic amines is 1. The van der Waals surface area contributed by atoms with Gasteiger partial charge in [-0.1, -0.05) is 31.0 Å². The van der Waals surface area contributed by atoms with Crippen LogP contribution in [-0.4, -0.2) is 35.9 Å². The fraction of sp³-hybridized carbons (Fsp3) is 0.476. The third-order valence-electron chi connectivity index (χ3n) is 6.05. The Labute approximate surface area is 187 Å². The summed E-state index contributed by atoms with van der Waals surface area (Å²) in [5, 5.41) is 9.24. The van der Waals surface area contributed by atoms with Crippen LogP contribution in [0.3, 0.4) is 0 Å². The number of anilines is 1. The number of rotatable bonds is 7. The number of hydrogen-bond acceptors (Lipinski definition) is 8. The molecule has 2 aliphatic rings. The van der Waals surface area contributed by atoms with Crippen LogP contribution in [0.1, 0.15) is 67.4 Å². The highest BCUT2D eigenvalue weighted by Crippen LogP contribution is 2.37. The summed E-state index contributed by atoms with van der Waals surface area (Å²) in [5.74, 6) is 0.715. The lowest BCUT2D eigenvalue weighted by atomic mass is 9.95. The monoisotopic (exact) mass is 456 g/mol. The van der Waals surface area contributed by atoms with Gasteiger partial charge in [-0.2, -0.15) is 0 Å². The van der Waals surface area contributed by atoms with E-state index >= 15 is 0 Å². The number of carbonyl (C=O) groups excluding carboxylic acids is 1. The van der Waals surface area contributed by atoms with Crippen molar-refractivity contribution in [1.29, 1.82) is 0 Å². The number of nitrogen functional groups attached to an aromatic ring is 1. The normalized spacial score (nSPS) is 17.0. The first kappa shape index (κ1) is 20.8. The second-order valence-corrected chi connectivity index (χ2v) is 9.22. The van der Waals surface area contributed by atoms with Crippen LogP contribution in [-0.2, 0) is 0 Å². The summed E-state index contributed by atoms with van der Waals surface area (Å²) >= 11 is 1.22. The molecule has 0 atom stereocenters. The van der Waals surface area contributed by atoms with Crippen molar-refractivity contribution in [3.63, 3.8) is 0 Å². The molecule has 3 heterocycles. The maximum Gasteiger partial charge on any atom is 0.330 e. The molecule has 0 bridgehead atoms. The highest BCUT2D eigenvalue weighted by Gasteiger charge is 2.31. The first-order valence-electron chi connectivity index (χ1n) is 10.8. The Morgan fingerprint density at radius 2 is 1.88 bits per heavy atom. The van der Waals surface area contributed by atoms with Crippen molar-refractivity contribution in [2.24, 2.45) is 0 Å². The molecule has 2 saturated carbocycles. The lowest BCUT2D eigenvalue weighted by molar-refractivity contribution is 0.102. The molecule has 0 amide bonds. The Bertz CT molecular complexity index is 1250. The van der Waals surface area contributed by atoms with Gasteiger partial charge in [-0.05, 0) is 37.8 Å². The third-order valence-corrected chi connectivity index (χ3v) is 6.99. The van der Waals surface area contributed by atoms with E-state index in [0.717, 1.165) is 38.5 Å². The molecule has 0 aromatic carbocycles. The molecule has 0 saturated heterocycles. The summed E-state index contributed by atoms with van der Waals surface area (Å²) in [5.41, 5.74) is 4.59. The summed E-state index contributed by atoms with van der Waals surface area (Å²) in [4.78, 5) is 39.7. The van der Waals surface area contributed by atoms with Crippen molar-refractivity contribution in [2.75, 3.05) is 11.5 Å². The smallest absolute Gasteiger partial charge is 0.330 e. The van der Waals surface area contributed by atoms with Gasteiger partial charge in [-0.15, -0.1) is 10.2 Å². The molecule has 5 rings (SSSR count). The van der Waals surface area contributed by atoms with E-state index in [0.29, 0.717) is 16.7 Å². The van der Waals surface area contributed by atoms with Gasteiger partial charge < -0.3 is 10.2 Å². The topological polar surface area (TPSA) is 142 Å². The Hall–Kier alpha value is -3.08. The molecule has 11 heteroatoms. The van der Waals surface area contributed by atoms with Gasteiger partial charge in [0.15, 0.2) is 16.7 Å². The van der Waals surface area contributed by atoms with Crippen LogP contribution in [0.25, 0.3) is 11.6 Å². The van der Waals surface area contributed by atoms with Crippen LogP contribution in [0.5, 0.6) is 0 Å². The molecule has 0 radical (unpaired) electrons. The molecule has 32 heavy (non-hydrogen) atoms. The number of ketones is 1. The molecule has 2 aliphatic carbocycles. The zero-order chi connectivity index (χ0) is 22.2. The van der Waals surface area contributed by atoms with E-state index < -0.39 is 17.0 Å². The van der Waals surface area contributed by atoms with E-state index in [-0.39, 0.29) is 29.2 Å². The van der Waals surface area contributed by atoms with Crippen molar-refractivity contribution in [1.82, 2.24) is 24.3 Å². The maximum absolute atomic E-state index is 13.0. The van der Waals surface area contributed by atoms with Crippen molar-refractivity contribution >= 4 is 23.4 Å². The number of Topliss-reactive ketones (excluding diaryl/α,β-unsaturated/α-hetero) is 1. The summed E-state index contributed by atoms with van der Waals surface area (Å²) < 4.78 is 8.92. The fourth-order valence-corrected chi connectivity index (χ4v) is 5.23. The number of carbonyl (C=O) groups is 1. The van der Waals surface area contributed by atoms with E-state index in [4.69, 9.17) is 10.2 Å². The SMILES string of the molecule is Nc1c(C(=O)CSc2nnc(-c3ccco3)n2C2CCCCC2)c(=O)[nH]c(=O)n1C1CC1. The molecule has 0 spiro atoms. The fourth-order valence-electron chi connectivity index (χ4n) is 4.35. The molecule has 3 N–H and O–H groups in total. The summed E-state index contributed by atoms with van der Waals surface area (Å²) in [7, 11) is 0. The van der Waals surface area contributed by atoms with Gasteiger partial charge in [0.05, 0.1) is 12.0 Å². The highest BCUT2D eigenvalue weighted by molar-refractivity contribution is 7.99. The molecule has 0 unspecified atom stereocenters. The van der Waals surface area contributed by atoms with Crippen LogP contribution >= 0.6 is 11.8 Å². The first-order chi connectivity index (χ1) is 15.5. The number of thioether (sulfide) groups is 1. The Morgan fingerprint density at radius 1 is 1.12 bits per heavy atom. The maximum atomic E-state index is 13.0. The Kier molecular flexibility index (Phi) is 5.50. The van der Waals surface area contributed by atoms with Gasteiger partial charge in [0.2, 0.25) is 5.82 Å². The Morgan fingerprint density at radius 3 is 2.56 bits per heavy atom. The van der Waals surface area contributed by atoms with E-state index in [1.165, 1.54) is 22.7 Å². The van der Waals surface area contributed by atoms with Crippen LogP contribution in [0.15, 0.2) is 37.6 Å². The number of nitrogens with zero attached hydrogens (tertiary/aromatic N) is 4. The van der Waals surface area contributed by atoms with Gasteiger partial charge in [0, 0.05) is 12.1 Å². The average Bonchev–Trinajstić information content (AvgIpc) is 3.29. The standard InChI is InChI=1S/C21H24N6O4S/c22-17-16(19(29)23-20(30)26(17)13-8-9-13)14(28)11-32-21-25-24-18(15-7-4-10-31-15)27(21)12-5-2-1-3-6-12/h4,7,10,12-13H,1-3,5-6,8-9,11,22H2,(H,23,29,30). The molecule has 3 aromatic heterocycles. The number of nitrogens with two attached hydrogens (primary N) is 1. The van der Waals surface area contributed by atoms with Gasteiger partial charge in [-0.3, -0.25) is 23.7 Å². The number of aromatic nitrogens is 5. The van der Waals surface area contributed by atoms with Crippen LogP contribution in [0.4, 0.5) is 5.82 Å². The second-order valence-electron chi connectivity index (χ2n) is 8.28. The van der Waals surface area contributed by atoms with E-state index in [9.17, 15) is 14.4 Å². The largest absolute Gasteiger partial charge is 0.461 e. The molecule has 168 valence electrons. The van der Waals surface area contributed by atoms with Crippen LogP contribution in [0, 0.1) is 0 Å². The molecule has 3 aromatic rings. The first-order valence-corrected chi connectivity index (χ1v) is 11.8. The van der Waals surface area contributed by atoms with Crippen LogP contribution < -0.4 is 17.0 Å². The summed E-state index contributed by atoms with van der Waals surface area (Å²) in [6.07, 6.45) is 8.66. The van der Waals surface area contributed by atoms with Crippen molar-refractivity contribution in [3.8, 4) is 11.6 Å². The lowest BCUT2D eigenvalue weighted by Crippen LogP contribution is -2.36.